The van der Waals surface area contributed by atoms with Gasteiger partial charge in [0.15, 0.2) is 5.82 Å². The number of hydrogen-bond acceptors (Lipinski definition) is 7. The predicted molar refractivity (Wildman–Crippen MR) is 133 cm³/mol. The molecule has 0 aliphatic heterocycles. The molecule has 3 N–H and O–H groups in total. The highest BCUT2D eigenvalue weighted by atomic mass is 32.1. The van der Waals surface area contributed by atoms with Crippen LogP contribution >= 0.6 is 11.3 Å². The van der Waals surface area contributed by atoms with Crippen molar-refractivity contribution in [3.8, 4) is 0 Å². The summed E-state index contributed by atoms with van der Waals surface area (Å²) >= 11 is 1.57. The number of thiophene rings is 1. The van der Waals surface area contributed by atoms with Gasteiger partial charge in [-0.25, -0.2) is 4.98 Å². The second-order valence-electron chi connectivity index (χ2n) is 7.49. The minimum absolute atomic E-state index is 0.257. The van der Waals surface area contributed by atoms with E-state index in [0.29, 0.717) is 17.5 Å². The Morgan fingerprint density at radius 2 is 1.81 bits per heavy atom. The lowest BCUT2D eigenvalue weighted by atomic mass is 10.2. The number of nitrogens with zero attached hydrogens (tertiary/aromatic N) is 3. The molecule has 0 radical (unpaired) electrons. The van der Waals surface area contributed by atoms with E-state index < -0.39 is 0 Å². The summed E-state index contributed by atoms with van der Waals surface area (Å²) in [6.07, 6.45) is 1.24. The molecule has 0 unspecified atom stereocenters. The topological polar surface area (TPSA) is 82.2 Å². The molecule has 1 amide bonds. The van der Waals surface area contributed by atoms with Gasteiger partial charge in [-0.3, -0.25) is 4.79 Å². The molecule has 0 spiro atoms. The highest BCUT2D eigenvalue weighted by Crippen LogP contribution is 2.31. The third-order valence-electron chi connectivity index (χ3n) is 4.59. The number of carbonyl (C=O) groups excluding carboxylic acids is 1. The lowest BCUT2D eigenvalue weighted by Gasteiger charge is -2.12. The number of anilines is 5. The largest absolute Gasteiger partial charge is 0.339 e. The molecular formula is C24H24N6OS. The van der Waals surface area contributed by atoms with Crippen LogP contribution in [-0.2, 0) is 11.3 Å². The summed E-state index contributed by atoms with van der Waals surface area (Å²) in [6.45, 7) is 4.37. The first-order valence-electron chi connectivity index (χ1n) is 10.1. The molecule has 2 aromatic carbocycles. The van der Waals surface area contributed by atoms with Crippen LogP contribution in [-0.4, -0.2) is 34.9 Å². The number of aromatic nitrogens is 2. The molecule has 2 aromatic heterocycles. The molecule has 0 saturated carbocycles. The smallest absolute Gasteiger partial charge is 0.247 e. The van der Waals surface area contributed by atoms with Gasteiger partial charge in [0.25, 0.3) is 0 Å². The van der Waals surface area contributed by atoms with E-state index in [1.54, 1.807) is 11.3 Å². The Morgan fingerprint density at radius 1 is 1.03 bits per heavy atom. The molecule has 7 nitrogen and oxygen atoms in total. The van der Waals surface area contributed by atoms with Crippen LogP contribution in [0.3, 0.4) is 0 Å². The van der Waals surface area contributed by atoms with Crippen LogP contribution in [0, 0.1) is 0 Å². The van der Waals surface area contributed by atoms with Gasteiger partial charge in [0.2, 0.25) is 11.9 Å². The van der Waals surface area contributed by atoms with Crippen molar-refractivity contribution in [2.45, 2.75) is 6.54 Å². The van der Waals surface area contributed by atoms with Gasteiger partial charge in [0.05, 0.1) is 10.2 Å². The fourth-order valence-corrected chi connectivity index (χ4v) is 3.97. The first kappa shape index (κ1) is 21.5. The second-order valence-corrected chi connectivity index (χ2v) is 8.41. The van der Waals surface area contributed by atoms with Crippen LogP contribution in [0.5, 0.6) is 0 Å². The van der Waals surface area contributed by atoms with Gasteiger partial charge in [-0.2, -0.15) is 4.98 Å². The molecule has 0 atom stereocenters. The van der Waals surface area contributed by atoms with Crippen molar-refractivity contribution in [1.82, 2.24) is 14.9 Å². The highest BCUT2D eigenvalue weighted by Gasteiger charge is 2.11. The Labute approximate surface area is 190 Å². The fraction of sp³-hybridized carbons (Fsp3) is 0.125. The van der Waals surface area contributed by atoms with Crippen LogP contribution in [0.25, 0.3) is 10.2 Å². The number of hydrogen-bond donors (Lipinski definition) is 3. The van der Waals surface area contributed by atoms with Gasteiger partial charge in [-0.1, -0.05) is 24.8 Å². The Hall–Kier alpha value is -3.75. The van der Waals surface area contributed by atoms with Crippen molar-refractivity contribution in [2.75, 3.05) is 30.0 Å². The van der Waals surface area contributed by atoms with Gasteiger partial charge in [-0.15, -0.1) is 11.3 Å². The van der Waals surface area contributed by atoms with Crippen molar-refractivity contribution in [3.05, 3.63) is 78.2 Å². The summed E-state index contributed by atoms with van der Waals surface area (Å²) in [7, 11) is 4.10. The average Bonchev–Trinajstić information content (AvgIpc) is 3.24. The quantitative estimate of drug-likeness (QED) is 0.317. The summed E-state index contributed by atoms with van der Waals surface area (Å²) in [6, 6.07) is 17.7. The molecule has 0 bridgehead atoms. The van der Waals surface area contributed by atoms with E-state index in [-0.39, 0.29) is 5.91 Å². The van der Waals surface area contributed by atoms with Crippen molar-refractivity contribution in [1.29, 1.82) is 0 Å². The summed E-state index contributed by atoms with van der Waals surface area (Å²) in [5.41, 5.74) is 4.49. The molecule has 0 aliphatic rings. The van der Waals surface area contributed by atoms with Gasteiger partial charge in [-0.05, 0) is 67.5 Å². The zero-order chi connectivity index (χ0) is 22.5. The maximum absolute atomic E-state index is 11.6. The Balaban J connectivity index is 1.58. The van der Waals surface area contributed by atoms with Gasteiger partial charge in [0, 0.05) is 23.6 Å². The maximum Gasteiger partial charge on any atom is 0.247 e. The van der Waals surface area contributed by atoms with Crippen LogP contribution in [0.4, 0.5) is 28.8 Å². The number of amides is 1. The van der Waals surface area contributed by atoms with Crippen molar-refractivity contribution in [2.24, 2.45) is 0 Å². The first-order chi connectivity index (χ1) is 15.5. The molecule has 32 heavy (non-hydrogen) atoms. The molecule has 0 fully saturated rings. The third kappa shape index (κ3) is 5.29. The number of benzene rings is 2. The zero-order valence-electron chi connectivity index (χ0n) is 17.9. The summed E-state index contributed by atoms with van der Waals surface area (Å²) in [5, 5.41) is 11.4. The van der Waals surface area contributed by atoms with Crippen molar-refractivity contribution < 1.29 is 4.79 Å². The molecule has 162 valence electrons. The third-order valence-corrected chi connectivity index (χ3v) is 5.50. The Morgan fingerprint density at radius 3 is 2.56 bits per heavy atom. The number of fused-ring (bicyclic) bond motifs is 1. The minimum atomic E-state index is -0.257. The van der Waals surface area contributed by atoms with Crippen LogP contribution < -0.4 is 16.0 Å². The van der Waals surface area contributed by atoms with Gasteiger partial charge < -0.3 is 20.9 Å². The number of rotatable bonds is 8. The highest BCUT2D eigenvalue weighted by molar-refractivity contribution is 7.17. The van der Waals surface area contributed by atoms with Crippen LogP contribution in [0.15, 0.2) is 72.6 Å². The number of carbonyl (C=O) groups is 1. The van der Waals surface area contributed by atoms with E-state index in [1.165, 1.54) is 11.6 Å². The standard InChI is InChI=1S/C24H24N6OS/c1-4-21(31)25-18-6-5-7-19(14-18)26-23-22-20(12-13-32-22)28-24(29-23)27-17-10-8-16(9-11-17)15-30(2)3/h4-14H,1,15H2,2-3H3,(H,25,31)(H2,26,27,28,29). The average molecular weight is 445 g/mol. The van der Waals surface area contributed by atoms with E-state index in [1.807, 2.05) is 61.9 Å². The fourth-order valence-electron chi connectivity index (χ4n) is 3.20. The summed E-state index contributed by atoms with van der Waals surface area (Å²) in [5.74, 6) is 0.951. The second kappa shape index (κ2) is 9.59. The molecule has 4 aromatic rings. The minimum Gasteiger partial charge on any atom is -0.339 e. The van der Waals surface area contributed by atoms with Crippen LogP contribution in [0.2, 0.25) is 0 Å². The first-order valence-corrected chi connectivity index (χ1v) is 10.9. The molecule has 0 saturated heterocycles. The molecule has 2 heterocycles. The van der Waals surface area contributed by atoms with E-state index in [4.69, 9.17) is 4.98 Å². The van der Waals surface area contributed by atoms with E-state index >= 15 is 0 Å². The molecule has 8 heteroatoms. The Kier molecular flexibility index (Phi) is 6.44. The predicted octanol–water partition coefficient (Wildman–Crippen LogP) is 5.36. The molecule has 4 rings (SSSR count). The molecular weight excluding hydrogens is 420 g/mol. The summed E-state index contributed by atoms with van der Waals surface area (Å²) in [4.78, 5) is 23.1. The lowest BCUT2D eigenvalue weighted by Crippen LogP contribution is -2.10. The SMILES string of the molecule is C=CC(=O)Nc1cccc(Nc2nc(Nc3ccc(CN(C)C)cc3)nc3ccsc23)c1. The van der Waals surface area contributed by atoms with Gasteiger partial charge in [0.1, 0.15) is 0 Å². The van der Waals surface area contributed by atoms with Crippen molar-refractivity contribution in [3.63, 3.8) is 0 Å². The van der Waals surface area contributed by atoms with Crippen molar-refractivity contribution >= 4 is 56.3 Å². The zero-order valence-corrected chi connectivity index (χ0v) is 18.7. The lowest BCUT2D eigenvalue weighted by molar-refractivity contribution is -0.111. The van der Waals surface area contributed by atoms with E-state index in [0.717, 1.165) is 28.1 Å². The van der Waals surface area contributed by atoms with Gasteiger partial charge >= 0.3 is 0 Å². The van der Waals surface area contributed by atoms with E-state index in [9.17, 15) is 4.79 Å². The van der Waals surface area contributed by atoms with Crippen LogP contribution in [0.1, 0.15) is 5.56 Å². The monoisotopic (exact) mass is 444 g/mol. The summed E-state index contributed by atoms with van der Waals surface area (Å²) < 4.78 is 0.956. The normalized spacial score (nSPS) is 10.8. The Bertz CT molecular complexity index is 1250. The van der Waals surface area contributed by atoms with E-state index in [2.05, 4.69) is 44.5 Å². The molecule has 0 aliphatic carbocycles. The number of nitrogens with one attached hydrogen (secondary N) is 3. The maximum atomic E-state index is 11.6.